The molecule has 1 aliphatic rings. The Hall–Kier alpha value is -1.17. The Kier molecular flexibility index (Phi) is 4.86. The van der Waals surface area contributed by atoms with Crippen LogP contribution in [-0.2, 0) is 10.2 Å². The summed E-state index contributed by atoms with van der Waals surface area (Å²) in [4.78, 5) is 15.7. The predicted octanol–water partition coefficient (Wildman–Crippen LogP) is 3.67. The van der Waals surface area contributed by atoms with Crippen molar-refractivity contribution in [2.45, 2.75) is 64.7 Å². The molecular formula is C15H25N3O2S. The van der Waals surface area contributed by atoms with Gasteiger partial charge in [0.2, 0.25) is 5.13 Å². The molecule has 5 nitrogen and oxygen atoms in total. The van der Waals surface area contributed by atoms with Gasteiger partial charge in [0, 0.05) is 23.5 Å². The van der Waals surface area contributed by atoms with Gasteiger partial charge in [-0.3, -0.25) is 4.79 Å². The summed E-state index contributed by atoms with van der Waals surface area (Å²) in [5.74, 6) is 0.136. The zero-order valence-electron chi connectivity index (χ0n) is 13.1. The van der Waals surface area contributed by atoms with Crippen LogP contribution in [0.15, 0.2) is 0 Å². The molecule has 2 rings (SSSR count). The largest absolute Gasteiger partial charge is 0.481 e. The zero-order chi connectivity index (χ0) is 15.5. The van der Waals surface area contributed by atoms with Crippen LogP contribution in [0.1, 0.15) is 65.1 Å². The highest BCUT2D eigenvalue weighted by Gasteiger charge is 2.34. The van der Waals surface area contributed by atoms with Gasteiger partial charge in [-0.2, -0.15) is 4.37 Å². The molecule has 1 saturated carbocycles. The molecule has 0 spiro atoms. The number of hydrogen-bond donors (Lipinski definition) is 2. The number of carbonyl (C=O) groups is 1. The van der Waals surface area contributed by atoms with E-state index in [-0.39, 0.29) is 17.3 Å². The Morgan fingerprint density at radius 2 is 2.00 bits per heavy atom. The summed E-state index contributed by atoms with van der Waals surface area (Å²) in [7, 11) is 0. The highest BCUT2D eigenvalue weighted by Crippen LogP contribution is 2.39. The first-order chi connectivity index (χ1) is 9.81. The lowest BCUT2D eigenvalue weighted by molar-refractivity contribution is -0.140. The highest BCUT2D eigenvalue weighted by atomic mass is 32.1. The summed E-state index contributed by atoms with van der Waals surface area (Å²) in [6.45, 7) is 6.95. The zero-order valence-corrected chi connectivity index (χ0v) is 13.9. The molecule has 0 aliphatic heterocycles. The summed E-state index contributed by atoms with van der Waals surface area (Å²) in [6, 6.07) is 0. The molecule has 1 fully saturated rings. The standard InChI is InChI=1S/C15H25N3O2S/c1-14(2,3)12-17-13(21-18-12)16-10-15(9-11(19)20)7-5-4-6-8-15/h4-10H2,1-3H3,(H,19,20)(H,16,17,18). The molecule has 2 N–H and O–H groups in total. The minimum Gasteiger partial charge on any atom is -0.481 e. The van der Waals surface area contributed by atoms with E-state index < -0.39 is 5.97 Å². The quantitative estimate of drug-likeness (QED) is 0.867. The van der Waals surface area contributed by atoms with Crippen molar-refractivity contribution in [2.24, 2.45) is 5.41 Å². The topological polar surface area (TPSA) is 75.1 Å². The lowest BCUT2D eigenvalue weighted by Gasteiger charge is -2.36. The Morgan fingerprint density at radius 1 is 1.33 bits per heavy atom. The number of nitrogens with zero attached hydrogens (tertiary/aromatic N) is 2. The number of carboxylic acids is 1. The van der Waals surface area contributed by atoms with E-state index in [9.17, 15) is 9.90 Å². The average molecular weight is 311 g/mol. The fourth-order valence-corrected chi connectivity index (χ4v) is 3.65. The van der Waals surface area contributed by atoms with Crippen LogP contribution in [0, 0.1) is 5.41 Å². The molecule has 1 aromatic rings. The Labute approximate surface area is 130 Å². The van der Waals surface area contributed by atoms with Crippen molar-refractivity contribution < 1.29 is 9.90 Å². The van der Waals surface area contributed by atoms with Gasteiger partial charge < -0.3 is 10.4 Å². The molecule has 0 saturated heterocycles. The number of hydrogen-bond acceptors (Lipinski definition) is 5. The van der Waals surface area contributed by atoms with Crippen molar-refractivity contribution in [1.29, 1.82) is 0 Å². The molecular weight excluding hydrogens is 286 g/mol. The summed E-state index contributed by atoms with van der Waals surface area (Å²) < 4.78 is 4.39. The van der Waals surface area contributed by atoms with Gasteiger partial charge in [-0.15, -0.1) is 0 Å². The smallest absolute Gasteiger partial charge is 0.303 e. The maximum Gasteiger partial charge on any atom is 0.303 e. The van der Waals surface area contributed by atoms with E-state index in [4.69, 9.17) is 0 Å². The summed E-state index contributed by atoms with van der Waals surface area (Å²) >= 11 is 1.36. The van der Waals surface area contributed by atoms with Gasteiger partial charge in [0.1, 0.15) is 5.82 Å². The first kappa shape index (κ1) is 16.2. The van der Waals surface area contributed by atoms with Gasteiger partial charge in [-0.05, 0) is 18.3 Å². The van der Waals surface area contributed by atoms with Crippen LogP contribution in [0.3, 0.4) is 0 Å². The van der Waals surface area contributed by atoms with Crippen LogP contribution >= 0.6 is 11.5 Å². The molecule has 118 valence electrons. The van der Waals surface area contributed by atoms with Gasteiger partial charge >= 0.3 is 5.97 Å². The van der Waals surface area contributed by atoms with Crippen LogP contribution in [0.4, 0.5) is 5.13 Å². The van der Waals surface area contributed by atoms with Gasteiger partial charge in [0.25, 0.3) is 0 Å². The minimum atomic E-state index is -0.702. The molecule has 0 unspecified atom stereocenters. The van der Waals surface area contributed by atoms with E-state index in [0.29, 0.717) is 6.54 Å². The second-order valence-electron chi connectivity index (χ2n) is 7.16. The van der Waals surface area contributed by atoms with Crippen LogP contribution in [0.25, 0.3) is 0 Å². The summed E-state index contributed by atoms with van der Waals surface area (Å²) in [5.41, 5.74) is -0.183. The van der Waals surface area contributed by atoms with Gasteiger partial charge in [0.15, 0.2) is 0 Å². The van der Waals surface area contributed by atoms with Crippen LogP contribution < -0.4 is 5.32 Å². The lowest BCUT2D eigenvalue weighted by Crippen LogP contribution is -2.34. The third-order valence-electron chi connectivity index (χ3n) is 4.15. The van der Waals surface area contributed by atoms with Crippen molar-refractivity contribution in [2.75, 3.05) is 11.9 Å². The van der Waals surface area contributed by atoms with E-state index in [0.717, 1.165) is 36.6 Å². The van der Waals surface area contributed by atoms with Crippen molar-refractivity contribution in [1.82, 2.24) is 9.36 Å². The van der Waals surface area contributed by atoms with E-state index in [1.807, 2.05) is 0 Å². The minimum absolute atomic E-state index is 0.0555. The Bertz CT molecular complexity index is 487. The molecule has 1 aliphatic carbocycles. The van der Waals surface area contributed by atoms with Crippen molar-refractivity contribution in [3.8, 4) is 0 Å². The fourth-order valence-electron chi connectivity index (χ4n) is 2.90. The number of anilines is 1. The Balaban J connectivity index is 2.01. The van der Waals surface area contributed by atoms with Crippen LogP contribution in [0.2, 0.25) is 0 Å². The fraction of sp³-hybridized carbons (Fsp3) is 0.800. The number of carboxylic acid groups (broad SMARTS) is 1. The third kappa shape index (κ3) is 4.40. The SMILES string of the molecule is CC(C)(C)c1nsc(NCC2(CC(=O)O)CCCCC2)n1. The molecule has 0 amide bonds. The van der Waals surface area contributed by atoms with E-state index >= 15 is 0 Å². The van der Waals surface area contributed by atoms with Crippen molar-refractivity contribution in [3.63, 3.8) is 0 Å². The lowest BCUT2D eigenvalue weighted by atomic mass is 9.72. The van der Waals surface area contributed by atoms with E-state index in [1.54, 1.807) is 0 Å². The Morgan fingerprint density at radius 3 is 2.52 bits per heavy atom. The third-order valence-corrected chi connectivity index (χ3v) is 4.82. The molecule has 1 aromatic heterocycles. The molecule has 6 heteroatoms. The second-order valence-corrected chi connectivity index (χ2v) is 7.91. The number of aromatic nitrogens is 2. The van der Waals surface area contributed by atoms with E-state index in [2.05, 4.69) is 35.4 Å². The highest BCUT2D eigenvalue weighted by molar-refractivity contribution is 7.09. The summed E-state index contributed by atoms with van der Waals surface area (Å²) in [6.07, 6.45) is 5.67. The molecule has 0 bridgehead atoms. The maximum absolute atomic E-state index is 11.2. The molecule has 0 radical (unpaired) electrons. The number of aliphatic carboxylic acids is 1. The predicted molar refractivity (Wildman–Crippen MR) is 84.9 cm³/mol. The van der Waals surface area contributed by atoms with Gasteiger partial charge in [0.05, 0.1) is 6.42 Å². The second kappa shape index (κ2) is 6.30. The number of rotatable bonds is 5. The first-order valence-corrected chi connectivity index (χ1v) is 8.38. The summed E-state index contributed by atoms with van der Waals surface area (Å²) in [5, 5.41) is 13.3. The normalized spacial score (nSPS) is 18.4. The van der Waals surface area contributed by atoms with E-state index in [1.165, 1.54) is 18.0 Å². The monoisotopic (exact) mass is 311 g/mol. The first-order valence-electron chi connectivity index (χ1n) is 7.61. The average Bonchev–Trinajstić information content (AvgIpc) is 2.85. The van der Waals surface area contributed by atoms with Crippen LogP contribution in [0.5, 0.6) is 0 Å². The van der Waals surface area contributed by atoms with Crippen molar-refractivity contribution in [3.05, 3.63) is 5.82 Å². The van der Waals surface area contributed by atoms with Gasteiger partial charge in [-0.25, -0.2) is 4.98 Å². The van der Waals surface area contributed by atoms with Crippen LogP contribution in [-0.4, -0.2) is 27.0 Å². The molecule has 0 atom stereocenters. The maximum atomic E-state index is 11.2. The molecule has 0 aromatic carbocycles. The van der Waals surface area contributed by atoms with Crippen molar-refractivity contribution >= 4 is 22.6 Å². The number of nitrogens with one attached hydrogen (secondary N) is 1. The molecule has 21 heavy (non-hydrogen) atoms. The molecule has 1 heterocycles. The van der Waals surface area contributed by atoms with Gasteiger partial charge in [-0.1, -0.05) is 40.0 Å².